The predicted octanol–water partition coefficient (Wildman–Crippen LogP) is 1.10. The van der Waals surface area contributed by atoms with Crippen LogP contribution in [0.5, 0.6) is 0 Å². The molecule has 2 rings (SSSR count). The Morgan fingerprint density at radius 1 is 1.27 bits per heavy atom. The van der Waals surface area contributed by atoms with Crippen LogP contribution in [-0.2, 0) is 4.79 Å². The zero-order valence-electron chi connectivity index (χ0n) is 6.75. The second-order valence-electron chi connectivity index (χ2n) is 3.59. The van der Waals surface area contributed by atoms with Gasteiger partial charge in [-0.15, -0.1) is 17.0 Å². The number of ketones is 1. The van der Waals surface area contributed by atoms with Crippen LogP contribution in [0.4, 0.5) is 0 Å². The third kappa shape index (κ3) is 1.49. The highest BCUT2D eigenvalue weighted by molar-refractivity contribution is 8.93. The van der Waals surface area contributed by atoms with Crippen LogP contribution < -0.4 is 0 Å². The third-order valence-corrected chi connectivity index (χ3v) is 2.73. The molecule has 2 aliphatic rings. The van der Waals surface area contributed by atoms with Gasteiger partial charge in [-0.1, -0.05) is 0 Å². The molecule has 1 saturated carbocycles. The molecule has 2 unspecified atom stereocenters. The fraction of sp³-hybridized carbons (Fsp3) is 0.875. The number of likely N-dealkylation sites (tertiary alicyclic amines) is 1. The minimum absolute atomic E-state index is 0. The number of fused-ring (bicyclic) bond motifs is 2. The molecule has 0 radical (unpaired) electrons. The smallest absolute Gasteiger partial charge is 0.141 e. The van der Waals surface area contributed by atoms with Gasteiger partial charge in [0.15, 0.2) is 0 Å². The van der Waals surface area contributed by atoms with Crippen molar-refractivity contribution in [1.82, 2.24) is 4.90 Å². The van der Waals surface area contributed by atoms with E-state index in [1.807, 2.05) is 0 Å². The van der Waals surface area contributed by atoms with Crippen LogP contribution >= 0.6 is 17.0 Å². The number of Topliss-reactive ketones (excluding diaryl/α,β-unsaturated/α-hetero) is 1. The zero-order valence-corrected chi connectivity index (χ0v) is 8.46. The van der Waals surface area contributed by atoms with Gasteiger partial charge in [-0.05, 0) is 19.9 Å². The van der Waals surface area contributed by atoms with E-state index in [1.54, 1.807) is 0 Å². The van der Waals surface area contributed by atoms with Crippen molar-refractivity contribution in [2.45, 2.75) is 12.8 Å². The zero-order chi connectivity index (χ0) is 7.14. The first-order valence-electron chi connectivity index (χ1n) is 3.99. The molecule has 2 atom stereocenters. The van der Waals surface area contributed by atoms with Gasteiger partial charge < -0.3 is 4.90 Å². The Morgan fingerprint density at radius 3 is 2.18 bits per heavy atom. The lowest BCUT2D eigenvalue weighted by Gasteiger charge is -2.26. The van der Waals surface area contributed by atoms with E-state index in [9.17, 15) is 4.79 Å². The lowest BCUT2D eigenvalue weighted by Crippen LogP contribution is -2.39. The number of hydrogen-bond acceptors (Lipinski definition) is 2. The van der Waals surface area contributed by atoms with Gasteiger partial charge in [0.2, 0.25) is 0 Å². The van der Waals surface area contributed by atoms with Crippen LogP contribution in [0.3, 0.4) is 0 Å². The molecule has 0 aromatic rings. The minimum atomic E-state index is 0. The molecule has 2 nitrogen and oxygen atoms in total. The molecule has 64 valence electrons. The van der Waals surface area contributed by atoms with Gasteiger partial charge in [0.1, 0.15) is 5.78 Å². The number of hydrogen-bond donors (Lipinski definition) is 0. The molecule has 2 fully saturated rings. The highest BCUT2D eigenvalue weighted by Gasteiger charge is 2.39. The van der Waals surface area contributed by atoms with E-state index in [0.717, 1.165) is 25.9 Å². The summed E-state index contributed by atoms with van der Waals surface area (Å²) in [5.41, 5.74) is 0. The Kier molecular flexibility index (Phi) is 2.70. The van der Waals surface area contributed by atoms with Crippen molar-refractivity contribution in [1.29, 1.82) is 0 Å². The summed E-state index contributed by atoms with van der Waals surface area (Å²) in [5, 5.41) is 0. The summed E-state index contributed by atoms with van der Waals surface area (Å²) in [6, 6.07) is 0. The van der Waals surface area contributed by atoms with Crippen LogP contribution in [0, 0.1) is 11.8 Å². The largest absolute Gasteiger partial charge is 0.305 e. The summed E-state index contributed by atoms with van der Waals surface area (Å²) in [5.74, 6) is 1.32. The number of rotatable bonds is 0. The summed E-state index contributed by atoms with van der Waals surface area (Å²) in [7, 11) is 2.11. The van der Waals surface area contributed by atoms with Gasteiger partial charge in [0.05, 0.1) is 0 Å². The molecule has 2 bridgehead atoms. The second-order valence-corrected chi connectivity index (χ2v) is 3.59. The van der Waals surface area contributed by atoms with E-state index in [4.69, 9.17) is 0 Å². The minimum Gasteiger partial charge on any atom is -0.305 e. The Labute approximate surface area is 77.7 Å². The van der Waals surface area contributed by atoms with Crippen LogP contribution in [0.1, 0.15) is 12.8 Å². The highest BCUT2D eigenvalue weighted by atomic mass is 79.9. The van der Waals surface area contributed by atoms with Crippen LogP contribution in [-0.4, -0.2) is 30.8 Å². The molecular weight excluding hydrogens is 206 g/mol. The fourth-order valence-corrected chi connectivity index (χ4v) is 2.21. The van der Waals surface area contributed by atoms with Gasteiger partial charge in [0, 0.05) is 24.9 Å². The van der Waals surface area contributed by atoms with Crippen LogP contribution in [0.15, 0.2) is 0 Å². The average Bonchev–Trinajstić information content (AvgIpc) is 2.20. The molecule has 1 heterocycles. The van der Waals surface area contributed by atoms with Gasteiger partial charge in [-0.25, -0.2) is 0 Å². The Bertz CT molecular complexity index is 155. The predicted molar refractivity (Wildman–Crippen MR) is 49.0 cm³/mol. The maximum atomic E-state index is 11.3. The van der Waals surface area contributed by atoms with E-state index in [2.05, 4.69) is 11.9 Å². The van der Waals surface area contributed by atoms with E-state index >= 15 is 0 Å². The van der Waals surface area contributed by atoms with Gasteiger partial charge in [0.25, 0.3) is 0 Å². The van der Waals surface area contributed by atoms with E-state index in [1.165, 1.54) is 0 Å². The molecule has 3 heteroatoms. The lowest BCUT2D eigenvalue weighted by molar-refractivity contribution is -0.127. The number of carbonyl (C=O) groups excluding carboxylic acids is 1. The lowest BCUT2D eigenvalue weighted by atomic mass is 9.98. The van der Waals surface area contributed by atoms with Gasteiger partial charge in [-0.3, -0.25) is 4.79 Å². The molecule has 1 aliphatic heterocycles. The fourth-order valence-electron chi connectivity index (χ4n) is 2.21. The molecule has 1 aliphatic carbocycles. The van der Waals surface area contributed by atoms with Gasteiger partial charge >= 0.3 is 0 Å². The molecule has 11 heavy (non-hydrogen) atoms. The number of nitrogens with zero attached hydrogens (tertiary/aromatic N) is 1. The standard InChI is InChI=1S/C8H13NO.BrH/c1-9-4-6-2-3-7(5-9)8(6)10;/h6-7H,2-5H2,1H3;1H. The topological polar surface area (TPSA) is 20.3 Å². The molecule has 0 aromatic heterocycles. The Hall–Kier alpha value is 0.110. The second kappa shape index (κ2) is 3.23. The van der Waals surface area contributed by atoms with Crippen molar-refractivity contribution in [2.24, 2.45) is 11.8 Å². The summed E-state index contributed by atoms with van der Waals surface area (Å²) < 4.78 is 0. The maximum Gasteiger partial charge on any atom is 0.141 e. The van der Waals surface area contributed by atoms with Crippen molar-refractivity contribution < 1.29 is 4.79 Å². The average molecular weight is 220 g/mol. The van der Waals surface area contributed by atoms with Crippen molar-refractivity contribution in [3.63, 3.8) is 0 Å². The van der Waals surface area contributed by atoms with Crippen LogP contribution in [0.25, 0.3) is 0 Å². The molecule has 0 aromatic carbocycles. The highest BCUT2D eigenvalue weighted by Crippen LogP contribution is 2.32. The first-order chi connectivity index (χ1) is 4.77. The monoisotopic (exact) mass is 219 g/mol. The SMILES string of the molecule is Br.CN1CC2CCC(C1)C2=O. The van der Waals surface area contributed by atoms with Crippen molar-refractivity contribution in [3.05, 3.63) is 0 Å². The maximum absolute atomic E-state index is 11.3. The summed E-state index contributed by atoms with van der Waals surface area (Å²) in [6.07, 6.45) is 2.29. The number of halogens is 1. The Balaban J connectivity index is 0.000000605. The summed E-state index contributed by atoms with van der Waals surface area (Å²) >= 11 is 0. The van der Waals surface area contributed by atoms with Gasteiger partial charge in [-0.2, -0.15) is 0 Å². The molecular formula is C8H14BrNO. The third-order valence-electron chi connectivity index (χ3n) is 2.73. The molecule has 0 amide bonds. The van der Waals surface area contributed by atoms with E-state index in [0.29, 0.717) is 17.6 Å². The first-order valence-corrected chi connectivity index (χ1v) is 3.99. The summed E-state index contributed by atoms with van der Waals surface area (Å²) in [4.78, 5) is 13.6. The normalized spacial score (nSPS) is 37.0. The molecule has 0 N–H and O–H groups in total. The number of piperidine rings is 1. The quantitative estimate of drug-likeness (QED) is 0.609. The first kappa shape index (κ1) is 9.20. The van der Waals surface area contributed by atoms with Crippen LogP contribution in [0.2, 0.25) is 0 Å². The Morgan fingerprint density at radius 2 is 1.73 bits per heavy atom. The number of carbonyl (C=O) groups is 1. The molecule has 1 saturated heterocycles. The summed E-state index contributed by atoms with van der Waals surface area (Å²) in [6.45, 7) is 2.02. The van der Waals surface area contributed by atoms with E-state index < -0.39 is 0 Å². The van der Waals surface area contributed by atoms with Crippen molar-refractivity contribution in [2.75, 3.05) is 20.1 Å². The molecule has 0 spiro atoms. The van der Waals surface area contributed by atoms with E-state index in [-0.39, 0.29) is 17.0 Å². The van der Waals surface area contributed by atoms with Crippen molar-refractivity contribution >= 4 is 22.8 Å². The van der Waals surface area contributed by atoms with Crippen molar-refractivity contribution in [3.8, 4) is 0 Å².